The van der Waals surface area contributed by atoms with E-state index in [1.165, 1.54) is 31.2 Å². The van der Waals surface area contributed by atoms with Crippen molar-refractivity contribution in [3.8, 4) is 0 Å². The topological polar surface area (TPSA) is 90.9 Å². The molecule has 0 radical (unpaired) electrons. The number of amides is 2. The number of benzene rings is 3. The zero-order valence-corrected chi connectivity index (χ0v) is 17.8. The maximum absolute atomic E-state index is 13.4. The molecule has 2 N–H and O–H groups in total. The van der Waals surface area contributed by atoms with Crippen molar-refractivity contribution in [2.24, 2.45) is 5.10 Å². The van der Waals surface area contributed by atoms with E-state index in [0.29, 0.717) is 11.4 Å². The number of rotatable bonds is 6. The number of para-hydroxylation sites is 1. The number of halogens is 1. The van der Waals surface area contributed by atoms with Crippen LogP contribution >= 0.6 is 0 Å². The minimum atomic E-state index is -0.559. The SMILES string of the molecule is CC(=O)C1CC(C(=O)Nc2cccc(C(=O)Nc3cccc(F)c3)c2)=NN1c1ccccc1. The van der Waals surface area contributed by atoms with Crippen LogP contribution in [-0.4, -0.2) is 29.4 Å². The molecule has 33 heavy (non-hydrogen) atoms. The Morgan fingerprint density at radius 2 is 1.55 bits per heavy atom. The molecule has 1 aliphatic rings. The predicted octanol–water partition coefficient (Wildman–Crippen LogP) is 4.24. The number of carbonyl (C=O) groups is 3. The Bertz CT molecular complexity index is 1240. The molecule has 0 bridgehead atoms. The number of nitrogens with zero attached hydrogens (tertiary/aromatic N) is 2. The number of Topliss-reactive ketones (excluding diaryl/α,β-unsaturated/α-hetero) is 1. The minimum absolute atomic E-state index is 0.0959. The number of hydrogen-bond donors (Lipinski definition) is 2. The highest BCUT2D eigenvalue weighted by Crippen LogP contribution is 2.25. The van der Waals surface area contributed by atoms with Crippen molar-refractivity contribution in [1.29, 1.82) is 0 Å². The molecule has 0 spiro atoms. The second kappa shape index (κ2) is 9.44. The maximum atomic E-state index is 13.4. The summed E-state index contributed by atoms with van der Waals surface area (Å²) in [7, 11) is 0. The number of carbonyl (C=O) groups excluding carboxylic acids is 3. The highest BCUT2D eigenvalue weighted by atomic mass is 19.1. The molecule has 8 heteroatoms. The zero-order valence-electron chi connectivity index (χ0n) is 17.8. The third-order valence-corrected chi connectivity index (χ3v) is 5.13. The second-order valence-corrected chi connectivity index (χ2v) is 7.56. The van der Waals surface area contributed by atoms with Gasteiger partial charge >= 0.3 is 0 Å². The molecule has 2 amide bonds. The summed E-state index contributed by atoms with van der Waals surface area (Å²) in [5, 5.41) is 11.3. The first-order valence-electron chi connectivity index (χ1n) is 10.3. The van der Waals surface area contributed by atoms with Gasteiger partial charge in [-0.05, 0) is 55.5 Å². The van der Waals surface area contributed by atoms with Crippen molar-refractivity contribution >= 4 is 40.4 Å². The Kier molecular flexibility index (Phi) is 6.26. The number of anilines is 3. The highest BCUT2D eigenvalue weighted by Gasteiger charge is 2.34. The molecule has 0 saturated carbocycles. The standard InChI is InChI=1S/C25H21FN4O3/c1-16(31)23-15-22(29-30(23)21-11-3-2-4-12-21)25(33)28-19-9-5-7-17(13-19)24(32)27-20-10-6-8-18(26)14-20/h2-14,23H,15H2,1H3,(H,27,32)(H,28,33). The minimum Gasteiger partial charge on any atom is -0.322 e. The molecule has 166 valence electrons. The number of hydrazone groups is 1. The van der Waals surface area contributed by atoms with Crippen LogP contribution in [0.1, 0.15) is 23.7 Å². The molecule has 7 nitrogen and oxygen atoms in total. The van der Waals surface area contributed by atoms with Crippen molar-refractivity contribution in [2.75, 3.05) is 15.6 Å². The van der Waals surface area contributed by atoms with E-state index in [1.54, 1.807) is 29.3 Å². The normalized spacial score (nSPS) is 15.0. The summed E-state index contributed by atoms with van der Waals surface area (Å²) >= 11 is 0. The van der Waals surface area contributed by atoms with Crippen molar-refractivity contribution in [2.45, 2.75) is 19.4 Å². The molecule has 4 rings (SSSR count). The van der Waals surface area contributed by atoms with Gasteiger partial charge in [0.2, 0.25) is 0 Å². The molecular weight excluding hydrogens is 423 g/mol. The van der Waals surface area contributed by atoms with Crippen molar-refractivity contribution in [1.82, 2.24) is 0 Å². The Morgan fingerprint density at radius 3 is 2.24 bits per heavy atom. The Hall–Kier alpha value is -4.33. The smallest absolute Gasteiger partial charge is 0.271 e. The predicted molar refractivity (Wildman–Crippen MR) is 125 cm³/mol. The summed E-state index contributed by atoms with van der Waals surface area (Å²) in [4.78, 5) is 37.5. The Morgan fingerprint density at radius 1 is 0.879 bits per heavy atom. The van der Waals surface area contributed by atoms with Crippen LogP contribution in [0, 0.1) is 5.82 Å². The zero-order chi connectivity index (χ0) is 23.4. The number of nitrogens with one attached hydrogen (secondary N) is 2. The lowest BCUT2D eigenvalue weighted by atomic mass is 10.1. The summed E-state index contributed by atoms with van der Waals surface area (Å²) in [6.45, 7) is 1.47. The largest absolute Gasteiger partial charge is 0.322 e. The lowest BCUT2D eigenvalue weighted by Gasteiger charge is -2.20. The quantitative estimate of drug-likeness (QED) is 0.595. The van der Waals surface area contributed by atoms with Crippen LogP contribution in [0.2, 0.25) is 0 Å². The molecule has 1 heterocycles. The van der Waals surface area contributed by atoms with Crippen LogP contribution < -0.4 is 15.6 Å². The summed E-state index contributed by atoms with van der Waals surface area (Å²) < 4.78 is 13.4. The molecule has 0 aliphatic carbocycles. The lowest BCUT2D eigenvalue weighted by molar-refractivity contribution is -0.118. The van der Waals surface area contributed by atoms with Gasteiger partial charge < -0.3 is 10.6 Å². The monoisotopic (exact) mass is 444 g/mol. The van der Waals surface area contributed by atoms with E-state index in [9.17, 15) is 18.8 Å². The van der Waals surface area contributed by atoms with Gasteiger partial charge in [0.05, 0.1) is 5.69 Å². The van der Waals surface area contributed by atoms with Crippen LogP contribution in [0.4, 0.5) is 21.5 Å². The van der Waals surface area contributed by atoms with Crippen LogP contribution in [-0.2, 0) is 9.59 Å². The van der Waals surface area contributed by atoms with Gasteiger partial charge in [-0.1, -0.05) is 30.3 Å². The van der Waals surface area contributed by atoms with Gasteiger partial charge in [-0.3, -0.25) is 19.4 Å². The second-order valence-electron chi connectivity index (χ2n) is 7.56. The van der Waals surface area contributed by atoms with Gasteiger partial charge in [-0.2, -0.15) is 5.10 Å². The Labute approximate surface area is 189 Å². The van der Waals surface area contributed by atoms with Crippen LogP contribution in [0.25, 0.3) is 0 Å². The lowest BCUT2D eigenvalue weighted by Crippen LogP contribution is -2.33. The third-order valence-electron chi connectivity index (χ3n) is 5.13. The first-order chi connectivity index (χ1) is 15.9. The summed E-state index contributed by atoms with van der Waals surface area (Å²) in [6, 6.07) is 20.5. The third kappa shape index (κ3) is 5.12. The van der Waals surface area contributed by atoms with Gasteiger partial charge in [-0.25, -0.2) is 4.39 Å². The van der Waals surface area contributed by atoms with Gasteiger partial charge in [0.1, 0.15) is 17.6 Å². The van der Waals surface area contributed by atoms with Crippen LogP contribution in [0.15, 0.2) is 84.0 Å². The van der Waals surface area contributed by atoms with E-state index in [0.717, 1.165) is 5.69 Å². The fourth-order valence-corrected chi connectivity index (χ4v) is 3.49. The molecule has 0 saturated heterocycles. The first kappa shape index (κ1) is 21.9. The van der Waals surface area contributed by atoms with E-state index in [-0.39, 0.29) is 23.5 Å². The fraction of sp³-hybridized carbons (Fsp3) is 0.120. The van der Waals surface area contributed by atoms with E-state index >= 15 is 0 Å². The maximum Gasteiger partial charge on any atom is 0.271 e. The van der Waals surface area contributed by atoms with E-state index in [4.69, 9.17) is 0 Å². The number of hydrogen-bond acceptors (Lipinski definition) is 5. The van der Waals surface area contributed by atoms with E-state index < -0.39 is 23.7 Å². The fourth-order valence-electron chi connectivity index (χ4n) is 3.49. The van der Waals surface area contributed by atoms with Gasteiger partial charge in [-0.15, -0.1) is 0 Å². The number of ketones is 1. The Balaban J connectivity index is 1.48. The molecule has 0 aromatic heterocycles. The van der Waals surface area contributed by atoms with E-state index in [2.05, 4.69) is 15.7 Å². The average molecular weight is 444 g/mol. The molecule has 1 atom stereocenters. The van der Waals surface area contributed by atoms with Crippen molar-refractivity contribution in [3.63, 3.8) is 0 Å². The van der Waals surface area contributed by atoms with Gasteiger partial charge in [0.25, 0.3) is 11.8 Å². The van der Waals surface area contributed by atoms with E-state index in [1.807, 2.05) is 30.3 Å². The molecular formula is C25H21FN4O3. The van der Waals surface area contributed by atoms with Crippen molar-refractivity contribution < 1.29 is 18.8 Å². The average Bonchev–Trinajstić information content (AvgIpc) is 3.26. The van der Waals surface area contributed by atoms with Crippen LogP contribution in [0.5, 0.6) is 0 Å². The summed E-state index contributed by atoms with van der Waals surface area (Å²) in [6.07, 6.45) is 0.176. The summed E-state index contributed by atoms with van der Waals surface area (Å²) in [5.41, 5.74) is 1.95. The molecule has 0 fully saturated rings. The van der Waals surface area contributed by atoms with Gasteiger partial charge in [0.15, 0.2) is 5.78 Å². The highest BCUT2D eigenvalue weighted by molar-refractivity contribution is 6.44. The van der Waals surface area contributed by atoms with Crippen LogP contribution in [0.3, 0.4) is 0 Å². The molecule has 3 aromatic carbocycles. The molecule has 1 unspecified atom stereocenters. The molecule has 3 aromatic rings. The van der Waals surface area contributed by atoms with Crippen molar-refractivity contribution in [3.05, 3.63) is 90.2 Å². The first-order valence-corrected chi connectivity index (χ1v) is 10.3. The molecule has 1 aliphatic heterocycles. The van der Waals surface area contributed by atoms with Gasteiger partial charge in [0, 0.05) is 23.4 Å². The summed E-state index contributed by atoms with van der Waals surface area (Å²) in [5.74, 6) is -1.45.